The lowest BCUT2D eigenvalue weighted by Crippen LogP contribution is -2.54. The maximum atomic E-state index is 14.4. The van der Waals surface area contributed by atoms with Crippen LogP contribution in [0.3, 0.4) is 0 Å². The zero-order valence-electron chi connectivity index (χ0n) is 33.9. The molecule has 0 unspecified atom stereocenters. The van der Waals surface area contributed by atoms with Gasteiger partial charge in [-0.1, -0.05) is 64.0 Å². The molecular formula is C42H65N7O8. The van der Waals surface area contributed by atoms with Gasteiger partial charge in [-0.2, -0.15) is 0 Å². The SMILES string of the molecule is CCCCCCCCCCNCCC(=O)N[C@@H](CCCCN)C(=O)N(C)[C@@H]1C(=O)N[C@@H](C)C(=O)N[C@H](C(=O)O)Cc2ccc(O)c(c2)-c2cc1ccc2OCCN. The maximum absolute atomic E-state index is 14.4. The fraction of sp³-hybridized carbons (Fsp3) is 0.595. The van der Waals surface area contributed by atoms with Gasteiger partial charge in [0, 0.05) is 44.1 Å². The van der Waals surface area contributed by atoms with Crippen LogP contribution in [-0.2, 0) is 30.4 Å². The fourth-order valence-electron chi connectivity index (χ4n) is 6.89. The number of carboxylic acid groups (broad SMARTS) is 1. The quantitative estimate of drug-likeness (QED) is 0.0760. The van der Waals surface area contributed by atoms with Gasteiger partial charge in [0.1, 0.15) is 42.3 Å². The summed E-state index contributed by atoms with van der Waals surface area (Å²) < 4.78 is 5.93. The molecule has 1 aliphatic heterocycles. The zero-order chi connectivity index (χ0) is 41.7. The first-order chi connectivity index (χ1) is 27.4. The van der Waals surface area contributed by atoms with E-state index in [1.54, 1.807) is 30.3 Å². The van der Waals surface area contributed by atoms with E-state index in [4.69, 9.17) is 16.2 Å². The van der Waals surface area contributed by atoms with E-state index in [0.717, 1.165) is 19.4 Å². The Bertz CT molecular complexity index is 1620. The molecule has 0 spiro atoms. The number of carbonyl (C=O) groups is 5. The molecule has 2 aromatic rings. The summed E-state index contributed by atoms with van der Waals surface area (Å²) >= 11 is 0. The van der Waals surface area contributed by atoms with Gasteiger partial charge in [-0.15, -0.1) is 0 Å². The largest absolute Gasteiger partial charge is 0.507 e. The van der Waals surface area contributed by atoms with Crippen LogP contribution in [0.4, 0.5) is 0 Å². The van der Waals surface area contributed by atoms with Gasteiger partial charge in [0.05, 0.1) is 0 Å². The molecule has 4 atom stereocenters. The van der Waals surface area contributed by atoms with Crippen molar-refractivity contribution in [3.63, 3.8) is 0 Å². The molecule has 0 aromatic heterocycles. The van der Waals surface area contributed by atoms with Gasteiger partial charge in [0.15, 0.2) is 0 Å². The Morgan fingerprint density at radius 2 is 1.61 bits per heavy atom. The van der Waals surface area contributed by atoms with Crippen molar-refractivity contribution in [2.24, 2.45) is 11.5 Å². The first-order valence-corrected chi connectivity index (χ1v) is 20.5. The third-order valence-corrected chi connectivity index (χ3v) is 10.2. The van der Waals surface area contributed by atoms with Crippen molar-refractivity contribution < 1.29 is 38.9 Å². The zero-order valence-corrected chi connectivity index (χ0v) is 33.9. The number of ether oxygens (including phenoxy) is 1. The van der Waals surface area contributed by atoms with Crippen molar-refractivity contribution in [2.75, 3.05) is 39.8 Å². The molecular weight excluding hydrogens is 731 g/mol. The molecule has 15 heteroatoms. The number of unbranched alkanes of at least 4 members (excludes halogenated alkanes) is 8. The number of fused-ring (bicyclic) bond motifs is 5. The minimum Gasteiger partial charge on any atom is -0.507 e. The normalized spacial score (nSPS) is 17.5. The summed E-state index contributed by atoms with van der Waals surface area (Å²) in [4.78, 5) is 68.5. The van der Waals surface area contributed by atoms with Gasteiger partial charge in [-0.3, -0.25) is 19.2 Å². The predicted octanol–water partition coefficient (Wildman–Crippen LogP) is 3.26. The van der Waals surface area contributed by atoms with E-state index in [-0.39, 0.29) is 49.6 Å². The lowest BCUT2D eigenvalue weighted by molar-refractivity contribution is -0.144. The Morgan fingerprint density at radius 3 is 2.30 bits per heavy atom. The van der Waals surface area contributed by atoms with Crippen LogP contribution in [0.5, 0.6) is 11.5 Å². The topological polar surface area (TPSA) is 238 Å². The summed E-state index contributed by atoms with van der Waals surface area (Å²) in [6.07, 6.45) is 11.2. The molecule has 4 bridgehead atoms. The van der Waals surface area contributed by atoms with Crippen molar-refractivity contribution >= 4 is 29.6 Å². The Morgan fingerprint density at radius 1 is 0.895 bits per heavy atom. The van der Waals surface area contributed by atoms with Gasteiger partial charge in [0.25, 0.3) is 0 Å². The minimum atomic E-state index is -1.35. The highest BCUT2D eigenvalue weighted by molar-refractivity contribution is 5.96. The van der Waals surface area contributed by atoms with E-state index in [0.29, 0.717) is 48.4 Å². The van der Waals surface area contributed by atoms with Crippen LogP contribution in [0.1, 0.15) is 108 Å². The average molecular weight is 796 g/mol. The standard InChI is InChI=1S/C42H65N7O8/c1-4-5-6-7-8-9-10-13-22-45-23-19-37(51)47-33(14-11-12-20-43)41(54)49(3)38-30-16-18-36(57-24-21-44)32(27-30)31-25-29(15-17-35(31)50)26-34(42(55)56)48-39(52)28(2)46-40(38)53/h15-18,25,27-28,33-34,38,45,50H,4-14,19-24,26,43-44H2,1-3H3,(H,46,53)(H,47,51)(H,48,52)(H,55,56)/t28-,33-,34-,38-/m0/s1. The van der Waals surface area contributed by atoms with E-state index < -0.39 is 47.9 Å². The number of amides is 4. The number of nitrogens with one attached hydrogen (secondary N) is 4. The number of aliphatic carboxylic acids is 1. The fourth-order valence-corrected chi connectivity index (χ4v) is 6.89. The van der Waals surface area contributed by atoms with Crippen molar-refractivity contribution in [3.05, 3.63) is 47.5 Å². The molecule has 0 aliphatic carbocycles. The Hall–Kier alpha value is -4.73. The summed E-state index contributed by atoms with van der Waals surface area (Å²) in [5, 5.41) is 32.4. The summed E-state index contributed by atoms with van der Waals surface area (Å²) in [6, 6.07) is 4.55. The first-order valence-electron chi connectivity index (χ1n) is 20.5. The number of benzene rings is 2. The van der Waals surface area contributed by atoms with Crippen molar-refractivity contribution in [3.8, 4) is 22.6 Å². The van der Waals surface area contributed by atoms with E-state index in [1.807, 2.05) is 0 Å². The molecule has 0 saturated carbocycles. The van der Waals surface area contributed by atoms with Gasteiger partial charge in [0.2, 0.25) is 23.6 Å². The predicted molar refractivity (Wildman–Crippen MR) is 219 cm³/mol. The summed E-state index contributed by atoms with van der Waals surface area (Å²) in [7, 11) is 1.45. The second-order valence-corrected chi connectivity index (χ2v) is 14.8. The highest BCUT2D eigenvalue weighted by Crippen LogP contribution is 2.39. The maximum Gasteiger partial charge on any atom is 0.326 e. The van der Waals surface area contributed by atoms with E-state index in [9.17, 15) is 34.2 Å². The van der Waals surface area contributed by atoms with Gasteiger partial charge in [-0.05, 0) is 81.1 Å². The van der Waals surface area contributed by atoms with Crippen molar-refractivity contribution in [1.82, 2.24) is 26.2 Å². The van der Waals surface area contributed by atoms with Crippen LogP contribution in [0.2, 0.25) is 0 Å². The molecule has 4 amide bonds. The molecule has 0 radical (unpaired) electrons. The molecule has 1 aliphatic rings. The monoisotopic (exact) mass is 795 g/mol. The smallest absolute Gasteiger partial charge is 0.326 e. The average Bonchev–Trinajstić information content (AvgIpc) is 3.18. The second-order valence-electron chi connectivity index (χ2n) is 14.8. The number of nitrogens with zero attached hydrogens (tertiary/aromatic N) is 1. The van der Waals surface area contributed by atoms with Crippen LogP contribution >= 0.6 is 0 Å². The van der Waals surface area contributed by atoms with Crippen LogP contribution in [0.15, 0.2) is 36.4 Å². The van der Waals surface area contributed by atoms with Crippen LogP contribution in [-0.4, -0.2) is 103 Å². The minimum absolute atomic E-state index is 0.111. The lowest BCUT2D eigenvalue weighted by atomic mass is 9.93. The highest BCUT2D eigenvalue weighted by atomic mass is 16.5. The molecule has 10 N–H and O–H groups in total. The molecule has 57 heavy (non-hydrogen) atoms. The number of nitrogens with two attached hydrogens (primary N) is 2. The molecule has 0 saturated heterocycles. The molecule has 3 rings (SSSR count). The lowest BCUT2D eigenvalue weighted by Gasteiger charge is -2.32. The molecule has 316 valence electrons. The van der Waals surface area contributed by atoms with Crippen molar-refractivity contribution in [1.29, 1.82) is 0 Å². The number of carboxylic acids is 1. The number of phenolic OH excluding ortho intramolecular Hbond substituents is 1. The third kappa shape index (κ3) is 14.9. The summed E-state index contributed by atoms with van der Waals surface area (Å²) in [6.45, 7) is 5.61. The van der Waals surface area contributed by atoms with Crippen LogP contribution in [0, 0.1) is 0 Å². The number of hydrogen-bond donors (Lipinski definition) is 8. The van der Waals surface area contributed by atoms with Gasteiger partial charge in [-0.25, -0.2) is 4.79 Å². The second kappa shape index (κ2) is 24.8. The van der Waals surface area contributed by atoms with E-state index in [2.05, 4.69) is 28.2 Å². The summed E-state index contributed by atoms with van der Waals surface area (Å²) in [5.74, 6) is -3.43. The molecule has 2 aromatic carbocycles. The number of rotatable bonds is 23. The number of phenols is 1. The van der Waals surface area contributed by atoms with Gasteiger partial charge >= 0.3 is 5.97 Å². The number of likely N-dealkylation sites (N-methyl/N-ethyl adjacent to an activating group) is 1. The molecule has 0 fully saturated rings. The summed E-state index contributed by atoms with van der Waals surface area (Å²) in [5.41, 5.74) is 13.0. The first kappa shape index (κ1) is 46.7. The molecule has 15 nitrogen and oxygen atoms in total. The Labute approximate surface area is 337 Å². The number of hydrogen-bond acceptors (Lipinski definition) is 10. The highest BCUT2D eigenvalue weighted by Gasteiger charge is 2.36. The Balaban J connectivity index is 1.91. The third-order valence-electron chi connectivity index (χ3n) is 10.2. The number of aromatic hydroxyl groups is 1. The van der Waals surface area contributed by atoms with E-state index >= 15 is 0 Å². The Kier molecular flexibility index (Phi) is 20.3. The van der Waals surface area contributed by atoms with Crippen LogP contribution in [0.25, 0.3) is 11.1 Å². The van der Waals surface area contributed by atoms with Crippen LogP contribution < -0.4 is 37.5 Å². The van der Waals surface area contributed by atoms with Gasteiger partial charge < -0.3 is 52.6 Å². The van der Waals surface area contributed by atoms with Crippen molar-refractivity contribution in [2.45, 2.75) is 121 Å². The molecule has 1 heterocycles. The number of carbonyl (C=O) groups excluding carboxylic acids is 4. The van der Waals surface area contributed by atoms with E-state index in [1.165, 1.54) is 63.5 Å².